The lowest BCUT2D eigenvalue weighted by Crippen LogP contribution is -2.68. The van der Waals surface area contributed by atoms with Gasteiger partial charge >= 0.3 is 5.97 Å². The van der Waals surface area contributed by atoms with E-state index in [4.69, 9.17) is 4.74 Å². The molecule has 7 aliphatic rings. The van der Waals surface area contributed by atoms with Crippen molar-refractivity contribution in [3.63, 3.8) is 0 Å². The Labute approximate surface area is 322 Å². The third-order valence-electron chi connectivity index (χ3n) is 18.0. The lowest BCUT2D eigenvalue weighted by Gasteiger charge is -2.72. The molecule has 7 rings (SSSR count). The molecule has 53 heavy (non-hydrogen) atoms. The number of nitrogens with one attached hydrogen (secondary N) is 1. The van der Waals surface area contributed by atoms with E-state index in [2.05, 4.69) is 70.5 Å². The lowest BCUT2D eigenvalue weighted by molar-refractivity contribution is -0.221. The van der Waals surface area contributed by atoms with Crippen LogP contribution in [-0.4, -0.2) is 80.8 Å². The number of hydrogen-bond donors (Lipinski definition) is 2. The molecule has 0 aromatic heterocycles. The molecule has 1 saturated heterocycles. The summed E-state index contributed by atoms with van der Waals surface area (Å²) in [7, 11) is -2.86. The van der Waals surface area contributed by atoms with Crippen LogP contribution in [-0.2, 0) is 19.4 Å². The van der Waals surface area contributed by atoms with Crippen LogP contribution in [0.1, 0.15) is 126 Å². The Kier molecular flexibility index (Phi) is 10.4. The Hall–Kier alpha value is -1.48. The molecule has 0 aromatic rings. The number of allylic oxidation sites excluding steroid dienone is 5. The largest absolute Gasteiger partial charge is 0.465 e. The van der Waals surface area contributed by atoms with Crippen LogP contribution in [0.15, 0.2) is 35.5 Å². The molecule has 1 heterocycles. The number of rotatable bonds is 9. The molecule has 8 heteroatoms. The zero-order valence-electron chi connectivity index (χ0n) is 34.3. The van der Waals surface area contributed by atoms with Crippen molar-refractivity contribution in [1.82, 2.24) is 10.2 Å². The van der Waals surface area contributed by atoms with Gasteiger partial charge in [-0.25, -0.2) is 8.42 Å². The van der Waals surface area contributed by atoms with E-state index in [0.717, 1.165) is 25.9 Å². The number of carbonyl (C=O) groups is 1. The van der Waals surface area contributed by atoms with Crippen molar-refractivity contribution in [2.24, 2.45) is 56.7 Å². The molecule has 10 atom stereocenters. The summed E-state index contributed by atoms with van der Waals surface area (Å²) in [5.41, 5.74) is 4.44. The van der Waals surface area contributed by atoms with Gasteiger partial charge in [-0.1, -0.05) is 58.9 Å². The summed E-state index contributed by atoms with van der Waals surface area (Å²) >= 11 is 0. The average molecular weight is 753 g/mol. The summed E-state index contributed by atoms with van der Waals surface area (Å²) in [4.78, 5) is 15.2. The van der Waals surface area contributed by atoms with E-state index >= 15 is 0 Å². The first kappa shape index (κ1) is 39.7. The van der Waals surface area contributed by atoms with Crippen LogP contribution in [0.4, 0.5) is 0 Å². The maximum absolute atomic E-state index is 12.9. The first-order valence-electron chi connectivity index (χ1n) is 21.4. The highest BCUT2D eigenvalue weighted by molar-refractivity contribution is 7.91. The molecule has 0 bridgehead atoms. The van der Waals surface area contributed by atoms with E-state index in [9.17, 15) is 18.3 Å². The molecule has 4 unspecified atom stereocenters. The van der Waals surface area contributed by atoms with Crippen molar-refractivity contribution >= 4 is 15.8 Å². The first-order chi connectivity index (χ1) is 24.9. The molecule has 0 aromatic carbocycles. The van der Waals surface area contributed by atoms with Gasteiger partial charge in [0.1, 0.15) is 0 Å². The monoisotopic (exact) mass is 753 g/mol. The molecule has 0 amide bonds. The SMILES string of the molecule is C=C(C)[C@@H]1CC[C@]2(NCCN3CCS(=O)(=O)CC3)CC[C@]3(C)[C@H](CCC4[C@@]5(C)CC=C(C6=CCC(CO)(C(=O)OCC)CC6)C(C)(C)C5CC[C@]43C)C12. The van der Waals surface area contributed by atoms with Gasteiger partial charge in [-0.3, -0.25) is 4.79 Å². The molecular weight excluding hydrogens is 681 g/mol. The quantitative estimate of drug-likeness (QED) is 0.183. The lowest BCUT2D eigenvalue weighted by atomic mass is 9.33. The highest BCUT2D eigenvalue weighted by Gasteiger charge is 2.70. The molecule has 298 valence electrons. The minimum atomic E-state index is -2.86. The van der Waals surface area contributed by atoms with E-state index in [0.29, 0.717) is 73.6 Å². The minimum Gasteiger partial charge on any atom is -0.465 e. The Morgan fingerprint density at radius 1 is 0.943 bits per heavy atom. The van der Waals surface area contributed by atoms with E-state index in [1.54, 1.807) is 0 Å². The van der Waals surface area contributed by atoms with Gasteiger partial charge in [-0.15, -0.1) is 0 Å². The highest BCUT2D eigenvalue weighted by Crippen LogP contribution is 2.76. The third kappa shape index (κ3) is 6.20. The standard InChI is InChI=1S/C45H72N2O5S/c1-9-52-39(49)44(30-48)19-12-32(13-20-44)34-15-17-41(6)36(40(34,4)5)16-18-43(8)37(41)11-10-35-38-33(31(2)3)14-21-45(38,23-22-42(35,43)7)46-24-25-47-26-28-53(50,51)29-27-47/h12,15,33,35-38,46,48H,2,9-11,13-14,16-30H2,1,3-8H3/t33-,35+,36?,37?,38?,41-,42+,43+,44?,45-/m0/s1. The number of aliphatic hydroxyl groups is 1. The molecule has 2 N–H and O–H groups in total. The number of sulfone groups is 1. The summed E-state index contributed by atoms with van der Waals surface area (Å²) in [6.07, 6.45) is 18.2. The van der Waals surface area contributed by atoms with Crippen LogP contribution in [0.2, 0.25) is 0 Å². The van der Waals surface area contributed by atoms with Gasteiger partial charge in [0.25, 0.3) is 0 Å². The number of esters is 1. The van der Waals surface area contributed by atoms with Gasteiger partial charge in [-0.2, -0.15) is 0 Å². The maximum atomic E-state index is 12.9. The van der Waals surface area contributed by atoms with Crippen molar-refractivity contribution in [2.45, 2.75) is 131 Å². The van der Waals surface area contributed by atoms with Crippen LogP contribution >= 0.6 is 0 Å². The maximum Gasteiger partial charge on any atom is 0.314 e. The summed E-state index contributed by atoms with van der Waals surface area (Å²) in [5.74, 6) is 3.48. The Bertz CT molecular complexity index is 1620. The molecular formula is C45H72N2O5S. The van der Waals surface area contributed by atoms with Gasteiger partial charge in [0.2, 0.25) is 0 Å². The predicted octanol–water partition coefficient (Wildman–Crippen LogP) is 7.90. The molecule has 1 aliphatic heterocycles. The number of ether oxygens (including phenoxy) is 1. The number of fused-ring (bicyclic) bond motifs is 7. The van der Waals surface area contributed by atoms with Crippen molar-refractivity contribution in [3.8, 4) is 0 Å². The Balaban J connectivity index is 1.12. The second-order valence-electron chi connectivity index (χ2n) is 20.4. The number of hydrogen-bond acceptors (Lipinski definition) is 7. The topological polar surface area (TPSA) is 95.9 Å². The molecule has 7 nitrogen and oxygen atoms in total. The second kappa shape index (κ2) is 13.9. The van der Waals surface area contributed by atoms with Crippen molar-refractivity contribution in [1.29, 1.82) is 0 Å². The van der Waals surface area contributed by atoms with Crippen LogP contribution in [0, 0.1) is 56.7 Å². The van der Waals surface area contributed by atoms with Crippen LogP contribution in [0.25, 0.3) is 0 Å². The van der Waals surface area contributed by atoms with E-state index in [1.807, 2.05) is 6.92 Å². The molecule has 4 saturated carbocycles. The van der Waals surface area contributed by atoms with Crippen molar-refractivity contribution < 1.29 is 23.1 Å². The zero-order chi connectivity index (χ0) is 38.2. The first-order valence-corrected chi connectivity index (χ1v) is 23.3. The average Bonchev–Trinajstić information content (AvgIpc) is 3.49. The van der Waals surface area contributed by atoms with Gasteiger partial charge < -0.3 is 20.1 Å². The summed E-state index contributed by atoms with van der Waals surface area (Å²) in [5, 5.41) is 14.5. The summed E-state index contributed by atoms with van der Waals surface area (Å²) < 4.78 is 29.5. The van der Waals surface area contributed by atoms with E-state index < -0.39 is 15.3 Å². The van der Waals surface area contributed by atoms with E-state index in [-0.39, 0.29) is 39.8 Å². The normalized spacial score (nSPS) is 44.7. The predicted molar refractivity (Wildman–Crippen MR) is 214 cm³/mol. The number of aliphatic hydroxyl groups excluding tert-OH is 1. The molecule has 5 fully saturated rings. The van der Waals surface area contributed by atoms with Crippen molar-refractivity contribution in [2.75, 3.05) is 50.9 Å². The fraction of sp³-hybridized carbons (Fsp3) is 0.844. The Morgan fingerprint density at radius 3 is 2.32 bits per heavy atom. The van der Waals surface area contributed by atoms with Crippen LogP contribution < -0.4 is 5.32 Å². The van der Waals surface area contributed by atoms with Crippen LogP contribution in [0.5, 0.6) is 0 Å². The second-order valence-corrected chi connectivity index (χ2v) is 22.7. The minimum absolute atomic E-state index is 0.0434. The third-order valence-corrected chi connectivity index (χ3v) is 19.6. The van der Waals surface area contributed by atoms with Gasteiger partial charge in [0.05, 0.1) is 30.1 Å². The fourth-order valence-electron chi connectivity index (χ4n) is 14.9. The van der Waals surface area contributed by atoms with Gasteiger partial charge in [0.15, 0.2) is 9.84 Å². The summed E-state index contributed by atoms with van der Waals surface area (Å²) in [6.45, 7) is 25.2. The Morgan fingerprint density at radius 2 is 1.68 bits per heavy atom. The fourth-order valence-corrected chi connectivity index (χ4v) is 16.1. The molecule has 0 spiro atoms. The summed E-state index contributed by atoms with van der Waals surface area (Å²) in [6, 6.07) is 0. The zero-order valence-corrected chi connectivity index (χ0v) is 35.1. The molecule has 0 radical (unpaired) electrons. The highest BCUT2D eigenvalue weighted by atomic mass is 32.2. The van der Waals surface area contributed by atoms with E-state index in [1.165, 1.54) is 68.1 Å². The smallest absolute Gasteiger partial charge is 0.314 e. The molecule has 6 aliphatic carbocycles. The number of carbonyl (C=O) groups excluding carboxylic acids is 1. The number of nitrogens with zero attached hydrogens (tertiary/aromatic N) is 1. The van der Waals surface area contributed by atoms with Crippen molar-refractivity contribution in [3.05, 3.63) is 35.5 Å². The van der Waals surface area contributed by atoms with Gasteiger partial charge in [-0.05, 0) is 153 Å². The van der Waals surface area contributed by atoms with Crippen LogP contribution in [0.3, 0.4) is 0 Å². The van der Waals surface area contributed by atoms with Gasteiger partial charge in [0, 0.05) is 31.7 Å².